The van der Waals surface area contributed by atoms with Crippen molar-refractivity contribution < 1.29 is 9.90 Å². The zero-order valence-electron chi connectivity index (χ0n) is 10.7. The summed E-state index contributed by atoms with van der Waals surface area (Å²) in [6.07, 6.45) is 2.51. The second-order valence-electron chi connectivity index (χ2n) is 5.10. The first-order valence-corrected chi connectivity index (χ1v) is 6.41. The van der Waals surface area contributed by atoms with Gasteiger partial charge in [0.25, 0.3) is 0 Å². The smallest absolute Gasteiger partial charge is 0.325 e. The molecule has 1 aliphatic rings. The monoisotopic (exact) mass is 248 g/mol. The second-order valence-corrected chi connectivity index (χ2v) is 5.10. The fourth-order valence-corrected chi connectivity index (χ4v) is 2.46. The maximum Gasteiger partial charge on any atom is 0.325 e. The Labute approximate surface area is 107 Å². The zero-order chi connectivity index (χ0) is 13.1. The van der Waals surface area contributed by atoms with E-state index >= 15 is 0 Å². The van der Waals surface area contributed by atoms with Gasteiger partial charge in [-0.15, -0.1) is 0 Å². The topological polar surface area (TPSA) is 66.6 Å². The van der Waals surface area contributed by atoms with E-state index in [2.05, 4.69) is 11.8 Å². The van der Waals surface area contributed by atoms with Gasteiger partial charge in [-0.3, -0.25) is 4.79 Å². The Morgan fingerprint density at radius 1 is 1.44 bits per heavy atom. The van der Waals surface area contributed by atoms with E-state index in [0.29, 0.717) is 5.56 Å². The molecule has 2 atom stereocenters. The Kier molecular flexibility index (Phi) is 3.87. The van der Waals surface area contributed by atoms with Crippen molar-refractivity contribution in [1.29, 1.82) is 0 Å². The van der Waals surface area contributed by atoms with Crippen LogP contribution < -0.4 is 10.6 Å². The fourth-order valence-electron chi connectivity index (χ4n) is 2.46. The van der Waals surface area contributed by atoms with Crippen molar-refractivity contribution in [2.24, 2.45) is 11.7 Å². The van der Waals surface area contributed by atoms with Gasteiger partial charge in [0.1, 0.15) is 6.04 Å². The highest BCUT2D eigenvalue weighted by Crippen LogP contribution is 2.24. The van der Waals surface area contributed by atoms with Crippen LogP contribution in [0.3, 0.4) is 0 Å². The van der Waals surface area contributed by atoms with E-state index in [1.54, 1.807) is 0 Å². The molecule has 1 heterocycles. The predicted molar refractivity (Wildman–Crippen MR) is 71.6 cm³/mol. The summed E-state index contributed by atoms with van der Waals surface area (Å²) in [4.78, 5) is 13.1. The first-order valence-electron chi connectivity index (χ1n) is 6.41. The molecule has 0 spiro atoms. The number of hydrogen-bond donors (Lipinski definition) is 2. The number of carboxylic acid groups (broad SMARTS) is 1. The average Bonchev–Trinajstić information content (AvgIpc) is 2.38. The Morgan fingerprint density at radius 3 is 2.67 bits per heavy atom. The van der Waals surface area contributed by atoms with Gasteiger partial charge in [0.15, 0.2) is 0 Å². The molecule has 1 fully saturated rings. The number of benzene rings is 1. The van der Waals surface area contributed by atoms with Crippen LogP contribution in [0.25, 0.3) is 0 Å². The first-order chi connectivity index (χ1) is 8.58. The summed E-state index contributed by atoms with van der Waals surface area (Å²) in [5.74, 6) is -0.269. The van der Waals surface area contributed by atoms with Crippen LogP contribution in [-0.2, 0) is 4.79 Å². The number of aliphatic carboxylic acids is 1. The maximum atomic E-state index is 10.8. The summed E-state index contributed by atoms with van der Waals surface area (Å²) in [5.41, 5.74) is 7.38. The number of carbonyl (C=O) groups is 1. The number of nitrogens with zero attached hydrogens (tertiary/aromatic N) is 1. The largest absolute Gasteiger partial charge is 0.480 e. The molecule has 98 valence electrons. The number of carboxylic acids is 1. The Bertz CT molecular complexity index is 416. The molecule has 4 heteroatoms. The van der Waals surface area contributed by atoms with Crippen LogP contribution in [0.5, 0.6) is 0 Å². The SMILES string of the molecule is CC1CCCN(c2ccc([C@H](N)C(=O)O)cc2)C1. The van der Waals surface area contributed by atoms with Crippen LogP contribution in [0.1, 0.15) is 31.4 Å². The molecule has 1 aliphatic heterocycles. The molecule has 0 bridgehead atoms. The number of rotatable bonds is 3. The molecule has 1 aromatic carbocycles. The number of anilines is 1. The summed E-state index contributed by atoms with van der Waals surface area (Å²) in [7, 11) is 0. The lowest BCUT2D eigenvalue weighted by Gasteiger charge is -2.33. The van der Waals surface area contributed by atoms with Crippen molar-refractivity contribution >= 4 is 11.7 Å². The Morgan fingerprint density at radius 2 is 2.11 bits per heavy atom. The van der Waals surface area contributed by atoms with E-state index in [0.717, 1.165) is 24.7 Å². The van der Waals surface area contributed by atoms with Crippen molar-refractivity contribution in [3.63, 3.8) is 0 Å². The van der Waals surface area contributed by atoms with Crippen molar-refractivity contribution in [1.82, 2.24) is 0 Å². The summed E-state index contributed by atoms with van der Waals surface area (Å²) < 4.78 is 0. The first kappa shape index (κ1) is 12.9. The molecule has 2 rings (SSSR count). The molecular weight excluding hydrogens is 228 g/mol. The third-order valence-electron chi connectivity index (χ3n) is 3.54. The van der Waals surface area contributed by atoms with Gasteiger partial charge in [0.2, 0.25) is 0 Å². The van der Waals surface area contributed by atoms with Gasteiger partial charge in [0.05, 0.1) is 0 Å². The molecule has 18 heavy (non-hydrogen) atoms. The van der Waals surface area contributed by atoms with E-state index in [9.17, 15) is 4.79 Å². The van der Waals surface area contributed by atoms with E-state index in [1.165, 1.54) is 12.8 Å². The predicted octanol–water partition coefficient (Wildman–Crippen LogP) is 2.01. The summed E-state index contributed by atoms with van der Waals surface area (Å²) in [6, 6.07) is 6.63. The third kappa shape index (κ3) is 2.82. The highest BCUT2D eigenvalue weighted by Gasteiger charge is 2.18. The molecule has 1 aromatic rings. The molecule has 1 unspecified atom stereocenters. The van der Waals surface area contributed by atoms with Gasteiger partial charge in [-0.25, -0.2) is 0 Å². The molecule has 1 saturated heterocycles. The summed E-state index contributed by atoms with van der Waals surface area (Å²) >= 11 is 0. The van der Waals surface area contributed by atoms with E-state index in [1.807, 2.05) is 24.3 Å². The molecule has 0 amide bonds. The van der Waals surface area contributed by atoms with Crippen LogP contribution >= 0.6 is 0 Å². The average molecular weight is 248 g/mol. The Balaban J connectivity index is 2.09. The van der Waals surface area contributed by atoms with Gasteiger partial charge < -0.3 is 15.7 Å². The molecule has 3 N–H and O–H groups in total. The van der Waals surface area contributed by atoms with Crippen LogP contribution in [0.4, 0.5) is 5.69 Å². The number of nitrogens with two attached hydrogens (primary N) is 1. The molecule has 0 saturated carbocycles. The normalized spacial score (nSPS) is 21.7. The molecule has 4 nitrogen and oxygen atoms in total. The molecular formula is C14H20N2O2. The minimum Gasteiger partial charge on any atom is -0.480 e. The van der Waals surface area contributed by atoms with E-state index in [-0.39, 0.29) is 0 Å². The lowest BCUT2D eigenvalue weighted by atomic mass is 9.99. The lowest BCUT2D eigenvalue weighted by Crippen LogP contribution is -2.34. The van der Waals surface area contributed by atoms with E-state index < -0.39 is 12.0 Å². The van der Waals surface area contributed by atoms with Gasteiger partial charge in [-0.1, -0.05) is 19.1 Å². The molecule has 0 aliphatic carbocycles. The van der Waals surface area contributed by atoms with Crippen LogP contribution in [0, 0.1) is 5.92 Å². The quantitative estimate of drug-likeness (QED) is 0.858. The highest BCUT2D eigenvalue weighted by atomic mass is 16.4. The van der Waals surface area contributed by atoms with Gasteiger partial charge in [0, 0.05) is 18.8 Å². The number of hydrogen-bond acceptors (Lipinski definition) is 3. The van der Waals surface area contributed by atoms with Crippen LogP contribution in [0.15, 0.2) is 24.3 Å². The second kappa shape index (κ2) is 5.40. The van der Waals surface area contributed by atoms with Crippen molar-refractivity contribution in [3.8, 4) is 0 Å². The van der Waals surface area contributed by atoms with Crippen molar-refractivity contribution in [2.75, 3.05) is 18.0 Å². The van der Waals surface area contributed by atoms with Crippen LogP contribution in [-0.4, -0.2) is 24.2 Å². The summed E-state index contributed by atoms with van der Waals surface area (Å²) in [5, 5.41) is 8.85. The lowest BCUT2D eigenvalue weighted by molar-refractivity contribution is -0.138. The third-order valence-corrected chi connectivity index (χ3v) is 3.54. The number of piperidine rings is 1. The highest BCUT2D eigenvalue weighted by molar-refractivity contribution is 5.75. The van der Waals surface area contributed by atoms with Gasteiger partial charge in [-0.2, -0.15) is 0 Å². The zero-order valence-corrected chi connectivity index (χ0v) is 10.7. The summed E-state index contributed by atoms with van der Waals surface area (Å²) in [6.45, 7) is 4.42. The van der Waals surface area contributed by atoms with Crippen molar-refractivity contribution in [2.45, 2.75) is 25.8 Å². The fraction of sp³-hybridized carbons (Fsp3) is 0.500. The minimum absolute atomic E-state index is 0.649. The molecule has 0 aromatic heterocycles. The van der Waals surface area contributed by atoms with E-state index in [4.69, 9.17) is 10.8 Å². The van der Waals surface area contributed by atoms with Crippen molar-refractivity contribution in [3.05, 3.63) is 29.8 Å². The van der Waals surface area contributed by atoms with Gasteiger partial charge >= 0.3 is 5.97 Å². The Hall–Kier alpha value is -1.55. The molecule has 0 radical (unpaired) electrons. The maximum absolute atomic E-state index is 10.8. The van der Waals surface area contributed by atoms with Crippen LogP contribution in [0.2, 0.25) is 0 Å². The van der Waals surface area contributed by atoms with Gasteiger partial charge in [-0.05, 0) is 36.5 Å². The standard InChI is InChI=1S/C14H20N2O2/c1-10-3-2-8-16(9-10)12-6-4-11(5-7-12)13(15)14(17)18/h4-7,10,13H,2-3,8-9,15H2,1H3,(H,17,18)/t10?,13-/m0/s1. The minimum atomic E-state index is -0.991.